The van der Waals surface area contributed by atoms with Crippen LogP contribution in [0.15, 0.2) is 42.7 Å². The number of aryl methyl sites for hydroxylation is 1. The molecule has 3 aromatic rings. The molecule has 0 fully saturated rings. The fourth-order valence-electron chi connectivity index (χ4n) is 2.98. The number of benzene rings is 1. The number of halogens is 2. The smallest absolute Gasteiger partial charge is 0.0692 e. The van der Waals surface area contributed by atoms with E-state index in [9.17, 15) is 0 Å². The first-order valence-electron chi connectivity index (χ1n) is 8.56. The van der Waals surface area contributed by atoms with E-state index in [2.05, 4.69) is 35.3 Å². The van der Waals surface area contributed by atoms with Crippen molar-refractivity contribution in [3.8, 4) is 0 Å². The van der Waals surface area contributed by atoms with Crippen LogP contribution < -0.4 is 5.32 Å². The van der Waals surface area contributed by atoms with Crippen LogP contribution in [0.1, 0.15) is 41.0 Å². The standard InChI is InChI=1S/C20H22Cl2N4/c1-13(16-6-5-9-23-10-16)24-11-17-14(2)25-26(15(17)3)12-18-19(21)7-4-8-20(18)22/h4-10,13,24H,11-12H2,1-3H3/t13-/m1/s1. The van der Waals surface area contributed by atoms with E-state index in [1.807, 2.05) is 42.1 Å². The summed E-state index contributed by atoms with van der Waals surface area (Å²) in [6.07, 6.45) is 3.68. The average molecular weight is 389 g/mol. The van der Waals surface area contributed by atoms with Crippen molar-refractivity contribution < 1.29 is 0 Å². The highest BCUT2D eigenvalue weighted by molar-refractivity contribution is 6.35. The minimum atomic E-state index is 0.212. The summed E-state index contributed by atoms with van der Waals surface area (Å²) in [5.74, 6) is 0. The van der Waals surface area contributed by atoms with Crippen LogP contribution in [0.5, 0.6) is 0 Å². The molecule has 0 spiro atoms. The molecule has 26 heavy (non-hydrogen) atoms. The van der Waals surface area contributed by atoms with Gasteiger partial charge in [-0.25, -0.2) is 0 Å². The zero-order valence-electron chi connectivity index (χ0n) is 15.1. The van der Waals surface area contributed by atoms with Crippen LogP contribution in [-0.2, 0) is 13.1 Å². The first-order valence-corrected chi connectivity index (χ1v) is 9.32. The number of pyridine rings is 1. The molecule has 0 saturated carbocycles. The predicted octanol–water partition coefficient (Wildman–Crippen LogP) is 5.10. The summed E-state index contributed by atoms with van der Waals surface area (Å²) in [6, 6.07) is 9.80. The third-order valence-electron chi connectivity index (χ3n) is 4.67. The highest BCUT2D eigenvalue weighted by Crippen LogP contribution is 2.26. The normalized spacial score (nSPS) is 12.3. The lowest BCUT2D eigenvalue weighted by Crippen LogP contribution is -2.19. The predicted molar refractivity (Wildman–Crippen MR) is 107 cm³/mol. The Morgan fingerprint density at radius 2 is 1.81 bits per heavy atom. The van der Waals surface area contributed by atoms with Crippen LogP contribution >= 0.6 is 23.2 Å². The van der Waals surface area contributed by atoms with Gasteiger partial charge in [0.25, 0.3) is 0 Å². The molecule has 2 aromatic heterocycles. The van der Waals surface area contributed by atoms with Crippen molar-refractivity contribution in [1.82, 2.24) is 20.1 Å². The molecule has 0 unspecified atom stereocenters. The summed E-state index contributed by atoms with van der Waals surface area (Å²) in [4.78, 5) is 4.18. The van der Waals surface area contributed by atoms with E-state index in [1.54, 1.807) is 6.20 Å². The van der Waals surface area contributed by atoms with Gasteiger partial charge >= 0.3 is 0 Å². The molecule has 136 valence electrons. The third kappa shape index (κ3) is 4.09. The quantitative estimate of drug-likeness (QED) is 0.638. The molecule has 4 nitrogen and oxygen atoms in total. The second-order valence-electron chi connectivity index (χ2n) is 6.40. The Morgan fingerprint density at radius 3 is 2.46 bits per heavy atom. The lowest BCUT2D eigenvalue weighted by Gasteiger charge is -2.14. The maximum atomic E-state index is 6.31. The van der Waals surface area contributed by atoms with Crippen LogP contribution in [0.2, 0.25) is 10.0 Å². The molecule has 2 heterocycles. The van der Waals surface area contributed by atoms with Crippen LogP contribution in [-0.4, -0.2) is 14.8 Å². The Hall–Kier alpha value is -1.88. The second kappa shape index (κ2) is 8.21. The fourth-order valence-corrected chi connectivity index (χ4v) is 3.50. The van der Waals surface area contributed by atoms with Crippen molar-refractivity contribution in [1.29, 1.82) is 0 Å². The van der Waals surface area contributed by atoms with Crippen molar-refractivity contribution in [3.05, 3.63) is 80.8 Å². The van der Waals surface area contributed by atoms with E-state index in [0.29, 0.717) is 16.6 Å². The molecule has 0 saturated heterocycles. The number of nitrogens with one attached hydrogen (secondary N) is 1. The molecular weight excluding hydrogens is 367 g/mol. The Morgan fingerprint density at radius 1 is 1.08 bits per heavy atom. The lowest BCUT2D eigenvalue weighted by atomic mass is 10.1. The minimum Gasteiger partial charge on any atom is -0.306 e. The summed E-state index contributed by atoms with van der Waals surface area (Å²) in [5.41, 5.74) is 5.38. The Bertz CT molecular complexity index is 870. The minimum absolute atomic E-state index is 0.212. The van der Waals surface area contributed by atoms with Crippen LogP contribution in [0, 0.1) is 13.8 Å². The molecule has 6 heteroatoms. The third-order valence-corrected chi connectivity index (χ3v) is 5.38. The molecule has 0 aliphatic rings. The van der Waals surface area contributed by atoms with E-state index in [-0.39, 0.29) is 6.04 Å². The van der Waals surface area contributed by atoms with Crippen LogP contribution in [0.25, 0.3) is 0 Å². The van der Waals surface area contributed by atoms with Crippen molar-refractivity contribution in [2.24, 2.45) is 0 Å². The second-order valence-corrected chi connectivity index (χ2v) is 7.21. The maximum Gasteiger partial charge on any atom is 0.0692 e. The summed E-state index contributed by atoms with van der Waals surface area (Å²) < 4.78 is 1.97. The monoisotopic (exact) mass is 388 g/mol. The van der Waals surface area contributed by atoms with E-state index >= 15 is 0 Å². The SMILES string of the molecule is Cc1nn(Cc2c(Cl)cccc2Cl)c(C)c1CN[C@H](C)c1cccnc1. The average Bonchev–Trinajstić information content (AvgIpc) is 2.90. The number of aromatic nitrogens is 3. The molecule has 0 aliphatic heterocycles. The highest BCUT2D eigenvalue weighted by atomic mass is 35.5. The van der Waals surface area contributed by atoms with Gasteiger partial charge in [-0.2, -0.15) is 5.10 Å². The molecule has 1 aromatic carbocycles. The highest BCUT2D eigenvalue weighted by Gasteiger charge is 2.15. The molecule has 1 atom stereocenters. The molecule has 0 aliphatic carbocycles. The van der Waals surface area contributed by atoms with E-state index in [4.69, 9.17) is 23.2 Å². The zero-order chi connectivity index (χ0) is 18.7. The van der Waals surface area contributed by atoms with Gasteiger partial charge in [-0.15, -0.1) is 0 Å². The fraction of sp³-hybridized carbons (Fsp3) is 0.300. The summed E-state index contributed by atoms with van der Waals surface area (Å²) in [5, 5.41) is 9.56. The van der Waals surface area contributed by atoms with Crippen LogP contribution in [0.3, 0.4) is 0 Å². The molecular formula is C20H22Cl2N4. The molecule has 0 radical (unpaired) electrons. The molecule has 0 amide bonds. The van der Waals surface area contributed by atoms with Crippen molar-refractivity contribution >= 4 is 23.2 Å². The Kier molecular flexibility index (Phi) is 5.97. The van der Waals surface area contributed by atoms with Crippen molar-refractivity contribution in [2.75, 3.05) is 0 Å². The molecule has 0 bridgehead atoms. The molecule has 1 N–H and O–H groups in total. The van der Waals surface area contributed by atoms with Gasteiger partial charge in [0.2, 0.25) is 0 Å². The van der Waals surface area contributed by atoms with Gasteiger partial charge in [-0.05, 0) is 44.5 Å². The summed E-state index contributed by atoms with van der Waals surface area (Å²) in [7, 11) is 0. The lowest BCUT2D eigenvalue weighted by molar-refractivity contribution is 0.569. The number of hydrogen-bond acceptors (Lipinski definition) is 3. The first-order chi connectivity index (χ1) is 12.5. The summed E-state index contributed by atoms with van der Waals surface area (Å²) >= 11 is 12.6. The molecule has 3 rings (SSSR count). The first kappa shape index (κ1) is 18.9. The topological polar surface area (TPSA) is 42.7 Å². The van der Waals surface area contributed by atoms with Crippen molar-refractivity contribution in [3.63, 3.8) is 0 Å². The Labute approximate surface area is 164 Å². The number of rotatable bonds is 6. The van der Waals surface area contributed by atoms with Gasteiger partial charge in [-0.3, -0.25) is 9.67 Å². The van der Waals surface area contributed by atoms with Gasteiger partial charge in [0.15, 0.2) is 0 Å². The Balaban J connectivity index is 1.76. The maximum absolute atomic E-state index is 6.31. The van der Waals surface area contributed by atoms with Gasteiger partial charge in [0.05, 0.1) is 12.2 Å². The van der Waals surface area contributed by atoms with Crippen molar-refractivity contribution in [2.45, 2.75) is 39.9 Å². The van der Waals surface area contributed by atoms with Gasteiger partial charge in [-0.1, -0.05) is 35.3 Å². The van der Waals surface area contributed by atoms with Crippen LogP contribution in [0.4, 0.5) is 0 Å². The largest absolute Gasteiger partial charge is 0.306 e. The summed E-state index contributed by atoms with van der Waals surface area (Å²) in [6.45, 7) is 7.54. The van der Waals surface area contributed by atoms with E-state index in [0.717, 1.165) is 29.1 Å². The van der Waals surface area contributed by atoms with Gasteiger partial charge in [0.1, 0.15) is 0 Å². The number of hydrogen-bond donors (Lipinski definition) is 1. The number of nitrogens with zero attached hydrogens (tertiary/aromatic N) is 3. The van der Waals surface area contributed by atoms with Gasteiger partial charge < -0.3 is 5.32 Å². The zero-order valence-corrected chi connectivity index (χ0v) is 16.6. The van der Waals surface area contributed by atoms with E-state index < -0.39 is 0 Å². The van der Waals surface area contributed by atoms with Gasteiger partial charge in [0, 0.05) is 51.8 Å². The van der Waals surface area contributed by atoms with E-state index in [1.165, 1.54) is 5.56 Å².